The van der Waals surface area contributed by atoms with Crippen molar-refractivity contribution in [2.45, 2.75) is 32.2 Å². The van der Waals surface area contributed by atoms with E-state index in [1.54, 1.807) is 10.6 Å². The zero-order chi connectivity index (χ0) is 15.9. The van der Waals surface area contributed by atoms with E-state index >= 15 is 0 Å². The number of hydrogen-bond acceptors (Lipinski definition) is 4. The quantitative estimate of drug-likeness (QED) is 0.843. The second-order valence-corrected chi connectivity index (χ2v) is 6.11. The van der Waals surface area contributed by atoms with Crippen LogP contribution in [0.25, 0.3) is 11.0 Å². The Morgan fingerprint density at radius 1 is 1.36 bits per heavy atom. The summed E-state index contributed by atoms with van der Waals surface area (Å²) < 4.78 is 1.71. The number of nitrogen functional groups attached to an aromatic ring is 1. The number of anilines is 1. The van der Waals surface area contributed by atoms with Crippen LogP contribution in [0.1, 0.15) is 36.0 Å². The van der Waals surface area contributed by atoms with Gasteiger partial charge < -0.3 is 16.0 Å². The maximum Gasteiger partial charge on any atom is 0.256 e. The van der Waals surface area contributed by atoms with Crippen LogP contribution in [-0.4, -0.2) is 15.5 Å². The van der Waals surface area contributed by atoms with Gasteiger partial charge >= 0.3 is 0 Å². The van der Waals surface area contributed by atoms with E-state index in [1.807, 2.05) is 0 Å². The largest absolute Gasteiger partial charge is 0.384 e. The van der Waals surface area contributed by atoms with Crippen LogP contribution >= 0.6 is 11.6 Å². The lowest BCUT2D eigenvalue weighted by Gasteiger charge is -2.19. The molecule has 3 rings (SSSR count). The number of nitrogens with two attached hydrogens (primary N) is 2. The molecule has 6 nitrogen and oxygen atoms in total. The summed E-state index contributed by atoms with van der Waals surface area (Å²) in [6.07, 6.45) is 4.55. The molecule has 1 aliphatic rings. The van der Waals surface area contributed by atoms with Gasteiger partial charge in [0.05, 0.1) is 5.39 Å². The molecule has 4 N–H and O–H groups in total. The van der Waals surface area contributed by atoms with Crippen LogP contribution < -0.4 is 16.9 Å². The molecule has 1 amide bonds. The molecule has 0 aliphatic heterocycles. The Kier molecular flexibility index (Phi) is 3.78. The fourth-order valence-corrected chi connectivity index (χ4v) is 3.33. The number of primary amides is 1. The molecule has 0 aromatic carbocycles. The summed E-state index contributed by atoms with van der Waals surface area (Å²) in [5.41, 5.74) is 11.1. The van der Waals surface area contributed by atoms with E-state index in [4.69, 9.17) is 23.1 Å². The Hall–Kier alpha value is -2.08. The van der Waals surface area contributed by atoms with Gasteiger partial charge in [-0.25, -0.2) is 4.98 Å². The SMILES string of the molecule is NC(=O)c1c(N)n(CC2CCCC2)c2nc(Cl)ccc2c1=O. The van der Waals surface area contributed by atoms with Crippen LogP contribution in [0, 0.1) is 5.92 Å². The summed E-state index contributed by atoms with van der Waals surface area (Å²) in [6.45, 7) is 0.607. The third-order valence-corrected chi connectivity index (χ3v) is 4.49. The molecular weight excluding hydrogens is 304 g/mol. The Bertz CT molecular complexity index is 809. The number of carbonyl (C=O) groups excluding carboxylic acids is 1. The van der Waals surface area contributed by atoms with Crippen molar-refractivity contribution in [1.82, 2.24) is 9.55 Å². The van der Waals surface area contributed by atoms with E-state index < -0.39 is 11.3 Å². The second-order valence-electron chi connectivity index (χ2n) is 5.72. The molecule has 0 bridgehead atoms. The lowest BCUT2D eigenvalue weighted by atomic mass is 10.1. The predicted octanol–water partition coefficient (Wildman–Crippen LogP) is 1.92. The van der Waals surface area contributed by atoms with Crippen molar-refractivity contribution in [1.29, 1.82) is 0 Å². The topological polar surface area (TPSA) is 104 Å². The first-order valence-corrected chi connectivity index (χ1v) is 7.65. The first kappa shape index (κ1) is 14.8. The Labute approximate surface area is 132 Å². The molecule has 7 heteroatoms. The van der Waals surface area contributed by atoms with Gasteiger partial charge in [-0.05, 0) is 30.9 Å². The third kappa shape index (κ3) is 2.43. The number of fused-ring (bicyclic) bond motifs is 1. The molecule has 2 heterocycles. The smallest absolute Gasteiger partial charge is 0.256 e. The highest BCUT2D eigenvalue weighted by Crippen LogP contribution is 2.29. The fourth-order valence-electron chi connectivity index (χ4n) is 3.18. The van der Waals surface area contributed by atoms with Crippen LogP contribution in [0.3, 0.4) is 0 Å². The Morgan fingerprint density at radius 2 is 2.05 bits per heavy atom. The molecule has 0 atom stereocenters. The average molecular weight is 321 g/mol. The molecule has 116 valence electrons. The summed E-state index contributed by atoms with van der Waals surface area (Å²) in [4.78, 5) is 28.3. The van der Waals surface area contributed by atoms with Crippen LogP contribution in [0.2, 0.25) is 5.15 Å². The van der Waals surface area contributed by atoms with Crippen LogP contribution in [0.4, 0.5) is 5.82 Å². The zero-order valence-electron chi connectivity index (χ0n) is 12.0. The van der Waals surface area contributed by atoms with Crippen molar-refractivity contribution < 1.29 is 4.79 Å². The van der Waals surface area contributed by atoms with Crippen LogP contribution in [-0.2, 0) is 6.54 Å². The van der Waals surface area contributed by atoms with E-state index in [0.29, 0.717) is 23.5 Å². The number of rotatable bonds is 3. The number of hydrogen-bond donors (Lipinski definition) is 2. The minimum absolute atomic E-state index is 0.0756. The van der Waals surface area contributed by atoms with Gasteiger partial charge in [0, 0.05) is 6.54 Å². The molecule has 0 radical (unpaired) electrons. The Balaban J connectivity index is 2.28. The number of halogens is 1. The third-order valence-electron chi connectivity index (χ3n) is 4.28. The monoisotopic (exact) mass is 320 g/mol. The highest BCUT2D eigenvalue weighted by molar-refractivity contribution is 6.29. The van der Waals surface area contributed by atoms with E-state index in [1.165, 1.54) is 18.9 Å². The lowest BCUT2D eigenvalue weighted by Crippen LogP contribution is -2.28. The first-order valence-electron chi connectivity index (χ1n) is 7.27. The van der Waals surface area contributed by atoms with Crippen molar-refractivity contribution in [3.63, 3.8) is 0 Å². The molecular formula is C15H17ClN4O2. The maximum absolute atomic E-state index is 12.4. The molecule has 2 aromatic heterocycles. The summed E-state index contributed by atoms with van der Waals surface area (Å²) in [6, 6.07) is 3.08. The molecule has 0 unspecified atom stereocenters. The van der Waals surface area contributed by atoms with Crippen molar-refractivity contribution in [2.24, 2.45) is 11.7 Å². The van der Waals surface area contributed by atoms with Gasteiger partial charge in [-0.3, -0.25) is 9.59 Å². The van der Waals surface area contributed by atoms with Crippen molar-refractivity contribution in [3.05, 3.63) is 33.1 Å². The minimum atomic E-state index is -0.820. The zero-order valence-corrected chi connectivity index (χ0v) is 12.8. The van der Waals surface area contributed by atoms with Gasteiger partial charge in [-0.2, -0.15) is 0 Å². The molecule has 2 aromatic rings. The van der Waals surface area contributed by atoms with E-state index in [0.717, 1.165) is 12.8 Å². The number of pyridine rings is 2. The highest BCUT2D eigenvalue weighted by atomic mass is 35.5. The van der Waals surface area contributed by atoms with E-state index in [9.17, 15) is 9.59 Å². The molecule has 1 aliphatic carbocycles. The fraction of sp³-hybridized carbons (Fsp3) is 0.400. The van der Waals surface area contributed by atoms with E-state index in [-0.39, 0.29) is 16.5 Å². The summed E-state index contributed by atoms with van der Waals surface area (Å²) in [7, 11) is 0. The number of nitrogens with zero attached hydrogens (tertiary/aromatic N) is 2. The number of amides is 1. The summed E-state index contributed by atoms with van der Waals surface area (Å²) in [5, 5.41) is 0.587. The van der Waals surface area contributed by atoms with Crippen LogP contribution in [0.5, 0.6) is 0 Å². The molecule has 0 saturated heterocycles. The normalized spacial score (nSPS) is 15.5. The molecule has 22 heavy (non-hydrogen) atoms. The second kappa shape index (κ2) is 5.61. The van der Waals surface area contributed by atoms with Crippen molar-refractivity contribution in [3.8, 4) is 0 Å². The number of carbonyl (C=O) groups is 1. The van der Waals surface area contributed by atoms with Gasteiger partial charge in [0.2, 0.25) is 5.43 Å². The maximum atomic E-state index is 12.4. The average Bonchev–Trinajstić information content (AvgIpc) is 2.96. The van der Waals surface area contributed by atoms with Crippen molar-refractivity contribution in [2.75, 3.05) is 5.73 Å². The summed E-state index contributed by atoms with van der Waals surface area (Å²) >= 11 is 5.96. The predicted molar refractivity (Wildman–Crippen MR) is 85.9 cm³/mol. The summed E-state index contributed by atoms with van der Waals surface area (Å²) in [5.74, 6) is -0.291. The van der Waals surface area contributed by atoms with Crippen molar-refractivity contribution >= 4 is 34.4 Å². The number of aromatic nitrogens is 2. The van der Waals surface area contributed by atoms with Gasteiger partial charge in [-0.1, -0.05) is 24.4 Å². The van der Waals surface area contributed by atoms with Gasteiger partial charge in [0.1, 0.15) is 22.2 Å². The van der Waals surface area contributed by atoms with Gasteiger partial charge in [-0.15, -0.1) is 0 Å². The van der Waals surface area contributed by atoms with E-state index in [2.05, 4.69) is 4.98 Å². The molecule has 1 saturated carbocycles. The first-order chi connectivity index (χ1) is 10.5. The Morgan fingerprint density at radius 3 is 2.68 bits per heavy atom. The minimum Gasteiger partial charge on any atom is -0.384 e. The molecule has 0 spiro atoms. The van der Waals surface area contributed by atoms with Gasteiger partial charge in [0.25, 0.3) is 5.91 Å². The van der Waals surface area contributed by atoms with Crippen LogP contribution in [0.15, 0.2) is 16.9 Å². The highest BCUT2D eigenvalue weighted by Gasteiger charge is 2.23. The molecule has 1 fully saturated rings. The lowest BCUT2D eigenvalue weighted by molar-refractivity contribution is 0.0999. The van der Waals surface area contributed by atoms with Gasteiger partial charge in [0.15, 0.2) is 0 Å². The standard InChI is InChI=1S/C15H17ClN4O2/c16-10-6-5-9-12(21)11(14(18)22)13(17)20(15(9)19-10)7-8-3-1-2-4-8/h5-6,8H,1-4,7,17H2,(H2,18,22).